The molecule has 6 heteroatoms. The number of rotatable bonds is 8. The van der Waals surface area contributed by atoms with Gasteiger partial charge in [-0.05, 0) is 20.3 Å². The standard InChI is InChI=1S/C11H22N2O4/c1-4-6-9(10(14)15)13-11(16)12-8(3)7-17-5-2/h8-9H,4-7H2,1-3H3,(H,14,15)(H2,12,13,16)/t8?,9-/m0/s1. The van der Waals surface area contributed by atoms with Gasteiger partial charge in [0.1, 0.15) is 6.04 Å². The molecule has 100 valence electrons. The molecule has 0 heterocycles. The van der Waals surface area contributed by atoms with E-state index in [4.69, 9.17) is 9.84 Å². The van der Waals surface area contributed by atoms with Gasteiger partial charge in [-0.3, -0.25) is 0 Å². The lowest BCUT2D eigenvalue weighted by atomic mass is 10.2. The molecule has 0 radical (unpaired) electrons. The molecule has 2 atom stereocenters. The molecule has 0 aliphatic heterocycles. The first-order chi connectivity index (χ1) is 8.01. The molecular weight excluding hydrogens is 224 g/mol. The largest absolute Gasteiger partial charge is 0.480 e. The molecule has 0 aliphatic rings. The molecule has 1 unspecified atom stereocenters. The van der Waals surface area contributed by atoms with Gasteiger partial charge in [0.15, 0.2) is 0 Å². The van der Waals surface area contributed by atoms with Gasteiger partial charge in [-0.15, -0.1) is 0 Å². The first kappa shape index (κ1) is 15.7. The van der Waals surface area contributed by atoms with E-state index in [0.717, 1.165) is 0 Å². The van der Waals surface area contributed by atoms with Crippen molar-refractivity contribution in [3.8, 4) is 0 Å². The fourth-order valence-electron chi connectivity index (χ4n) is 1.31. The molecule has 6 nitrogen and oxygen atoms in total. The molecule has 0 rings (SSSR count). The highest BCUT2D eigenvalue weighted by Crippen LogP contribution is 1.96. The minimum atomic E-state index is -1.01. The Morgan fingerprint density at radius 3 is 2.41 bits per heavy atom. The predicted octanol–water partition coefficient (Wildman–Crippen LogP) is 0.964. The Kier molecular flexibility index (Phi) is 8.13. The van der Waals surface area contributed by atoms with Gasteiger partial charge in [-0.25, -0.2) is 9.59 Å². The molecule has 0 saturated carbocycles. The van der Waals surface area contributed by atoms with E-state index in [0.29, 0.717) is 26.1 Å². The monoisotopic (exact) mass is 246 g/mol. The van der Waals surface area contributed by atoms with Crippen molar-refractivity contribution < 1.29 is 19.4 Å². The summed E-state index contributed by atoms with van der Waals surface area (Å²) in [5, 5.41) is 13.9. The summed E-state index contributed by atoms with van der Waals surface area (Å²) in [6.07, 6.45) is 1.12. The van der Waals surface area contributed by atoms with Crippen molar-refractivity contribution in [2.75, 3.05) is 13.2 Å². The van der Waals surface area contributed by atoms with Gasteiger partial charge in [0.25, 0.3) is 0 Å². The van der Waals surface area contributed by atoms with Crippen molar-refractivity contribution in [1.29, 1.82) is 0 Å². The van der Waals surface area contributed by atoms with E-state index < -0.39 is 18.0 Å². The number of carboxylic acids is 1. The van der Waals surface area contributed by atoms with Crippen molar-refractivity contribution in [1.82, 2.24) is 10.6 Å². The third-order valence-corrected chi connectivity index (χ3v) is 2.13. The van der Waals surface area contributed by atoms with Crippen LogP contribution in [-0.4, -0.2) is 42.4 Å². The van der Waals surface area contributed by atoms with Crippen LogP contribution >= 0.6 is 0 Å². The number of carbonyl (C=O) groups is 2. The second kappa shape index (κ2) is 8.81. The number of amides is 2. The van der Waals surface area contributed by atoms with Crippen LogP contribution in [0, 0.1) is 0 Å². The quantitative estimate of drug-likeness (QED) is 0.595. The van der Waals surface area contributed by atoms with Crippen LogP contribution in [0.5, 0.6) is 0 Å². The Labute approximate surface area is 102 Å². The van der Waals surface area contributed by atoms with Crippen LogP contribution in [0.1, 0.15) is 33.6 Å². The molecule has 0 aliphatic carbocycles. The van der Waals surface area contributed by atoms with Gasteiger partial charge in [0.05, 0.1) is 12.6 Å². The molecule has 0 bridgehead atoms. The summed E-state index contributed by atoms with van der Waals surface area (Å²) in [5.74, 6) is -1.01. The molecule has 0 aromatic carbocycles. The number of nitrogens with one attached hydrogen (secondary N) is 2. The third-order valence-electron chi connectivity index (χ3n) is 2.13. The maximum absolute atomic E-state index is 11.5. The lowest BCUT2D eigenvalue weighted by molar-refractivity contribution is -0.139. The topological polar surface area (TPSA) is 87.7 Å². The second-order valence-corrected chi connectivity index (χ2v) is 3.86. The molecule has 0 aromatic rings. The number of ether oxygens (including phenoxy) is 1. The summed E-state index contributed by atoms with van der Waals surface area (Å²) in [6.45, 7) is 6.53. The number of carbonyl (C=O) groups excluding carboxylic acids is 1. The smallest absolute Gasteiger partial charge is 0.326 e. The van der Waals surface area contributed by atoms with Crippen LogP contribution in [0.25, 0.3) is 0 Å². The van der Waals surface area contributed by atoms with Crippen LogP contribution in [0.2, 0.25) is 0 Å². The predicted molar refractivity (Wildman–Crippen MR) is 64.0 cm³/mol. The minimum Gasteiger partial charge on any atom is -0.480 e. The molecule has 17 heavy (non-hydrogen) atoms. The number of hydrogen-bond acceptors (Lipinski definition) is 3. The van der Waals surface area contributed by atoms with Crippen molar-refractivity contribution >= 4 is 12.0 Å². The minimum absolute atomic E-state index is 0.147. The summed E-state index contributed by atoms with van der Waals surface area (Å²) >= 11 is 0. The van der Waals surface area contributed by atoms with Gasteiger partial charge in [-0.2, -0.15) is 0 Å². The van der Waals surface area contributed by atoms with Crippen molar-refractivity contribution in [2.24, 2.45) is 0 Å². The van der Waals surface area contributed by atoms with E-state index in [2.05, 4.69) is 10.6 Å². The van der Waals surface area contributed by atoms with Gasteiger partial charge >= 0.3 is 12.0 Å². The number of hydrogen-bond donors (Lipinski definition) is 3. The Morgan fingerprint density at radius 1 is 1.29 bits per heavy atom. The van der Waals surface area contributed by atoms with E-state index in [1.165, 1.54) is 0 Å². The molecule has 2 amide bonds. The van der Waals surface area contributed by atoms with E-state index in [1.807, 2.05) is 13.8 Å². The van der Waals surface area contributed by atoms with Gasteiger partial charge in [0, 0.05) is 6.61 Å². The molecule has 0 spiro atoms. The molecule has 0 saturated heterocycles. The average Bonchev–Trinajstić information content (AvgIpc) is 2.25. The summed E-state index contributed by atoms with van der Waals surface area (Å²) in [6, 6.07) is -1.46. The molecule has 0 aromatic heterocycles. The summed E-state index contributed by atoms with van der Waals surface area (Å²) in [7, 11) is 0. The van der Waals surface area contributed by atoms with E-state index in [-0.39, 0.29) is 6.04 Å². The van der Waals surface area contributed by atoms with Gasteiger partial charge in [0.2, 0.25) is 0 Å². The highest BCUT2D eigenvalue weighted by Gasteiger charge is 2.19. The third kappa shape index (κ3) is 7.57. The summed E-state index contributed by atoms with van der Waals surface area (Å²) in [4.78, 5) is 22.3. The highest BCUT2D eigenvalue weighted by atomic mass is 16.5. The Morgan fingerprint density at radius 2 is 1.94 bits per heavy atom. The Bertz CT molecular complexity index is 246. The zero-order valence-electron chi connectivity index (χ0n) is 10.7. The van der Waals surface area contributed by atoms with Crippen LogP contribution in [0.15, 0.2) is 0 Å². The Hall–Kier alpha value is -1.30. The Balaban J connectivity index is 4.00. The normalized spacial score (nSPS) is 13.8. The zero-order chi connectivity index (χ0) is 13.3. The number of carboxylic acid groups (broad SMARTS) is 1. The first-order valence-electron chi connectivity index (χ1n) is 5.88. The van der Waals surface area contributed by atoms with Gasteiger partial charge in [-0.1, -0.05) is 13.3 Å². The summed E-state index contributed by atoms with van der Waals surface area (Å²) < 4.78 is 5.14. The van der Waals surface area contributed by atoms with Crippen LogP contribution in [-0.2, 0) is 9.53 Å². The summed E-state index contributed by atoms with van der Waals surface area (Å²) in [5.41, 5.74) is 0. The average molecular weight is 246 g/mol. The first-order valence-corrected chi connectivity index (χ1v) is 5.88. The number of aliphatic carboxylic acids is 1. The molecule has 3 N–H and O–H groups in total. The lowest BCUT2D eigenvalue weighted by Crippen LogP contribution is -2.49. The van der Waals surface area contributed by atoms with Crippen molar-refractivity contribution in [3.63, 3.8) is 0 Å². The number of urea groups is 1. The molecule has 0 fully saturated rings. The van der Waals surface area contributed by atoms with Crippen molar-refractivity contribution in [2.45, 2.75) is 45.7 Å². The van der Waals surface area contributed by atoms with Crippen molar-refractivity contribution in [3.05, 3.63) is 0 Å². The maximum Gasteiger partial charge on any atom is 0.326 e. The zero-order valence-corrected chi connectivity index (χ0v) is 10.7. The second-order valence-electron chi connectivity index (χ2n) is 3.86. The van der Waals surface area contributed by atoms with E-state index in [1.54, 1.807) is 6.92 Å². The van der Waals surface area contributed by atoms with Crippen LogP contribution in [0.3, 0.4) is 0 Å². The maximum atomic E-state index is 11.5. The van der Waals surface area contributed by atoms with E-state index in [9.17, 15) is 9.59 Å². The highest BCUT2D eigenvalue weighted by molar-refractivity contribution is 5.82. The fourth-order valence-corrected chi connectivity index (χ4v) is 1.31. The van der Waals surface area contributed by atoms with Gasteiger partial charge < -0.3 is 20.5 Å². The van der Waals surface area contributed by atoms with Crippen LogP contribution < -0.4 is 10.6 Å². The lowest BCUT2D eigenvalue weighted by Gasteiger charge is -2.17. The SMILES string of the molecule is CCC[C@H](NC(=O)NC(C)COCC)C(=O)O. The van der Waals surface area contributed by atoms with Crippen LogP contribution in [0.4, 0.5) is 4.79 Å². The fraction of sp³-hybridized carbons (Fsp3) is 0.818. The molecular formula is C11H22N2O4. The van der Waals surface area contributed by atoms with E-state index >= 15 is 0 Å².